The highest BCUT2D eigenvalue weighted by atomic mass is 32.2. The Bertz CT molecular complexity index is 894. The Balaban J connectivity index is 1.77. The van der Waals surface area contributed by atoms with Crippen LogP contribution in [0, 0.1) is 0 Å². The minimum Gasteiger partial charge on any atom is -0.368 e. The topological polar surface area (TPSA) is 129 Å². The second-order valence-electron chi connectivity index (χ2n) is 7.52. The third kappa shape index (κ3) is 5.54. The van der Waals surface area contributed by atoms with E-state index in [2.05, 4.69) is 20.9 Å². The van der Waals surface area contributed by atoms with Crippen molar-refractivity contribution in [3.63, 3.8) is 0 Å². The molecule has 0 spiro atoms. The molecule has 3 amide bonds. The Labute approximate surface area is 180 Å². The van der Waals surface area contributed by atoms with Crippen LogP contribution in [-0.4, -0.2) is 59.4 Å². The molecule has 0 bridgehead atoms. The van der Waals surface area contributed by atoms with Gasteiger partial charge >= 0.3 is 0 Å². The maximum atomic E-state index is 13.1. The van der Waals surface area contributed by atoms with Gasteiger partial charge in [-0.05, 0) is 49.4 Å². The Morgan fingerprint density at radius 2 is 2.03 bits per heavy atom. The number of aromatic nitrogens is 1. The lowest BCUT2D eigenvalue weighted by Gasteiger charge is -2.23. The highest BCUT2D eigenvalue weighted by molar-refractivity contribution is 7.98. The zero-order valence-corrected chi connectivity index (χ0v) is 17.9. The SMILES string of the molecule is CSCC[C@H](NC(=O)[C@H](Cc1c[nH]c2ccccc12)NC(=O)[C@@H]1CCCN1)C(N)=O. The summed E-state index contributed by atoms with van der Waals surface area (Å²) in [6, 6.07) is 5.92. The van der Waals surface area contributed by atoms with E-state index in [0.29, 0.717) is 18.6 Å². The van der Waals surface area contributed by atoms with Gasteiger partial charge in [-0.15, -0.1) is 0 Å². The fourth-order valence-electron chi connectivity index (χ4n) is 3.70. The van der Waals surface area contributed by atoms with E-state index in [0.717, 1.165) is 35.9 Å². The number of hydrogen-bond acceptors (Lipinski definition) is 5. The molecule has 1 aliphatic rings. The van der Waals surface area contributed by atoms with Gasteiger partial charge < -0.3 is 26.7 Å². The number of hydrogen-bond donors (Lipinski definition) is 5. The van der Waals surface area contributed by atoms with Crippen LogP contribution in [0.5, 0.6) is 0 Å². The minimum absolute atomic E-state index is 0.202. The molecular formula is C21H29N5O3S. The van der Waals surface area contributed by atoms with Crippen molar-refractivity contribution in [2.45, 2.75) is 43.8 Å². The van der Waals surface area contributed by atoms with E-state index in [4.69, 9.17) is 5.73 Å². The normalized spacial score (nSPS) is 18.1. The van der Waals surface area contributed by atoms with Crippen LogP contribution >= 0.6 is 11.8 Å². The number of fused-ring (bicyclic) bond motifs is 1. The Hall–Kier alpha value is -2.52. The molecule has 1 aromatic carbocycles. The van der Waals surface area contributed by atoms with Crippen molar-refractivity contribution in [1.29, 1.82) is 0 Å². The number of benzene rings is 1. The number of nitrogens with two attached hydrogens (primary N) is 1. The quantitative estimate of drug-likeness (QED) is 0.378. The number of aromatic amines is 1. The van der Waals surface area contributed by atoms with Gasteiger partial charge in [-0.3, -0.25) is 14.4 Å². The summed E-state index contributed by atoms with van der Waals surface area (Å²) < 4.78 is 0. The van der Waals surface area contributed by atoms with Gasteiger partial charge in [0.25, 0.3) is 0 Å². The molecule has 1 aliphatic heterocycles. The molecule has 0 unspecified atom stereocenters. The van der Waals surface area contributed by atoms with E-state index >= 15 is 0 Å². The van der Waals surface area contributed by atoms with Crippen molar-refractivity contribution in [2.75, 3.05) is 18.6 Å². The highest BCUT2D eigenvalue weighted by Gasteiger charge is 2.30. The van der Waals surface area contributed by atoms with E-state index in [1.54, 1.807) is 11.8 Å². The zero-order valence-electron chi connectivity index (χ0n) is 17.1. The van der Waals surface area contributed by atoms with Gasteiger partial charge in [-0.1, -0.05) is 18.2 Å². The van der Waals surface area contributed by atoms with Crippen molar-refractivity contribution >= 4 is 40.4 Å². The number of thioether (sulfide) groups is 1. The van der Waals surface area contributed by atoms with Gasteiger partial charge in [0.1, 0.15) is 12.1 Å². The summed E-state index contributed by atoms with van der Waals surface area (Å²) in [5.41, 5.74) is 7.36. The molecule has 3 rings (SSSR count). The molecular weight excluding hydrogens is 402 g/mol. The smallest absolute Gasteiger partial charge is 0.243 e. The van der Waals surface area contributed by atoms with Crippen LogP contribution in [0.1, 0.15) is 24.8 Å². The lowest BCUT2D eigenvalue weighted by molar-refractivity contribution is -0.131. The summed E-state index contributed by atoms with van der Waals surface area (Å²) in [4.78, 5) is 40.7. The summed E-state index contributed by atoms with van der Waals surface area (Å²) in [7, 11) is 0. The van der Waals surface area contributed by atoms with Crippen LogP contribution in [0.3, 0.4) is 0 Å². The summed E-state index contributed by atoms with van der Waals surface area (Å²) in [6.45, 7) is 0.788. The minimum atomic E-state index is -0.810. The lowest BCUT2D eigenvalue weighted by Crippen LogP contribution is -2.56. The second-order valence-corrected chi connectivity index (χ2v) is 8.50. The molecule has 2 aromatic rings. The van der Waals surface area contributed by atoms with Gasteiger partial charge in [0.2, 0.25) is 17.7 Å². The van der Waals surface area contributed by atoms with E-state index in [-0.39, 0.29) is 11.9 Å². The van der Waals surface area contributed by atoms with Gasteiger partial charge in [0, 0.05) is 23.5 Å². The van der Waals surface area contributed by atoms with E-state index < -0.39 is 23.9 Å². The number of H-pyrrole nitrogens is 1. The number of amides is 3. The molecule has 2 heterocycles. The average molecular weight is 432 g/mol. The van der Waals surface area contributed by atoms with Crippen molar-refractivity contribution < 1.29 is 14.4 Å². The van der Waals surface area contributed by atoms with Crippen molar-refractivity contribution in [3.05, 3.63) is 36.0 Å². The number of carbonyl (C=O) groups excluding carboxylic acids is 3. The molecule has 0 radical (unpaired) electrons. The van der Waals surface area contributed by atoms with Crippen LogP contribution in [0.25, 0.3) is 10.9 Å². The fourth-order valence-corrected chi connectivity index (χ4v) is 4.18. The first-order chi connectivity index (χ1) is 14.5. The Morgan fingerprint density at radius 3 is 2.73 bits per heavy atom. The molecule has 1 fully saturated rings. The summed E-state index contributed by atoms with van der Waals surface area (Å²) in [6.07, 6.45) is 6.20. The van der Waals surface area contributed by atoms with Crippen molar-refractivity contribution in [1.82, 2.24) is 20.9 Å². The molecule has 0 aliphatic carbocycles. The number of rotatable bonds is 10. The van der Waals surface area contributed by atoms with E-state index in [1.807, 2.05) is 36.7 Å². The van der Waals surface area contributed by atoms with Crippen LogP contribution in [0.2, 0.25) is 0 Å². The summed E-state index contributed by atoms with van der Waals surface area (Å²) in [5, 5.41) is 9.76. The first kappa shape index (κ1) is 22.2. The fraction of sp³-hybridized carbons (Fsp3) is 0.476. The predicted octanol–water partition coefficient (Wildman–Crippen LogP) is 0.670. The molecule has 3 atom stereocenters. The summed E-state index contributed by atoms with van der Waals surface area (Å²) >= 11 is 1.57. The number of carbonyl (C=O) groups is 3. The number of nitrogens with one attached hydrogen (secondary N) is 4. The molecule has 8 nitrogen and oxygen atoms in total. The molecule has 6 N–H and O–H groups in total. The third-order valence-corrected chi connectivity index (χ3v) is 6.02. The van der Waals surface area contributed by atoms with Gasteiger partial charge in [0.15, 0.2) is 0 Å². The van der Waals surface area contributed by atoms with Gasteiger partial charge in [0.05, 0.1) is 6.04 Å². The predicted molar refractivity (Wildman–Crippen MR) is 119 cm³/mol. The van der Waals surface area contributed by atoms with Crippen molar-refractivity contribution in [2.24, 2.45) is 5.73 Å². The Morgan fingerprint density at radius 1 is 1.23 bits per heavy atom. The maximum absolute atomic E-state index is 13.1. The largest absolute Gasteiger partial charge is 0.368 e. The van der Waals surface area contributed by atoms with E-state index in [9.17, 15) is 14.4 Å². The van der Waals surface area contributed by atoms with Crippen molar-refractivity contribution in [3.8, 4) is 0 Å². The molecule has 1 saturated heterocycles. The standard InChI is InChI=1S/C21H29N5O3S/c1-30-10-8-16(19(22)27)25-21(29)18(26-20(28)17-7-4-9-23-17)11-13-12-24-15-6-3-2-5-14(13)15/h2-3,5-6,12,16-18,23-24H,4,7-11H2,1H3,(H2,22,27)(H,25,29)(H,26,28)/t16-,17-,18-/m0/s1. The first-order valence-corrected chi connectivity index (χ1v) is 11.6. The van der Waals surface area contributed by atoms with Crippen LogP contribution in [0.4, 0.5) is 0 Å². The first-order valence-electron chi connectivity index (χ1n) is 10.2. The van der Waals surface area contributed by atoms with Gasteiger partial charge in [-0.25, -0.2) is 0 Å². The molecule has 162 valence electrons. The van der Waals surface area contributed by atoms with E-state index in [1.165, 1.54) is 0 Å². The lowest BCUT2D eigenvalue weighted by atomic mass is 10.0. The zero-order chi connectivity index (χ0) is 21.5. The molecule has 9 heteroatoms. The highest BCUT2D eigenvalue weighted by Crippen LogP contribution is 2.19. The van der Waals surface area contributed by atoms with Crippen LogP contribution < -0.4 is 21.7 Å². The van der Waals surface area contributed by atoms with Gasteiger partial charge in [-0.2, -0.15) is 11.8 Å². The molecule has 30 heavy (non-hydrogen) atoms. The number of primary amides is 1. The van der Waals surface area contributed by atoms with Crippen LogP contribution in [-0.2, 0) is 20.8 Å². The molecule has 1 aromatic heterocycles. The Kier molecular flexibility index (Phi) is 7.75. The average Bonchev–Trinajstić information content (AvgIpc) is 3.41. The third-order valence-electron chi connectivity index (χ3n) is 5.38. The monoisotopic (exact) mass is 431 g/mol. The second kappa shape index (κ2) is 10.5. The summed E-state index contributed by atoms with van der Waals surface area (Å²) in [5.74, 6) is -0.491. The van der Waals surface area contributed by atoms with Crippen LogP contribution in [0.15, 0.2) is 30.5 Å². The maximum Gasteiger partial charge on any atom is 0.243 e. The number of para-hydroxylation sites is 1. The molecule has 0 saturated carbocycles.